The van der Waals surface area contributed by atoms with Crippen molar-refractivity contribution < 1.29 is 40.7 Å². The quantitative estimate of drug-likeness (QED) is 0.210. The second-order valence-electron chi connectivity index (χ2n) is 6.55. The lowest BCUT2D eigenvalue weighted by atomic mass is 10.3. The van der Waals surface area contributed by atoms with Gasteiger partial charge in [-0.1, -0.05) is 37.8 Å². The van der Waals surface area contributed by atoms with Crippen LogP contribution in [0.4, 0.5) is 26.3 Å². The first-order valence-corrected chi connectivity index (χ1v) is 10.3. The largest absolute Gasteiger partial charge is 0.494 e. The van der Waals surface area contributed by atoms with E-state index in [0.717, 1.165) is 18.8 Å². The fraction of sp³-hybridized carbons (Fsp3) is 0.375. The van der Waals surface area contributed by atoms with Gasteiger partial charge < -0.3 is 10.1 Å². The highest BCUT2D eigenvalue weighted by Gasteiger charge is 2.26. The molecule has 1 aromatic carbocycles. The number of pyridine rings is 1. The Hall–Kier alpha value is -3.37. The average molecular weight is 509 g/mol. The van der Waals surface area contributed by atoms with Gasteiger partial charge in [-0.25, -0.2) is 0 Å². The van der Waals surface area contributed by atoms with Crippen LogP contribution in [0, 0.1) is 6.92 Å². The Kier molecular flexibility index (Phi) is 18.3. The van der Waals surface area contributed by atoms with Crippen molar-refractivity contribution in [2.45, 2.75) is 45.5 Å². The highest BCUT2D eigenvalue weighted by atomic mass is 19.4. The number of alkyl halides is 6. The normalized spacial score (nSPS) is 10.1. The number of ether oxygens (including phenoxy) is 1. The number of amides is 1. The molecule has 0 aliphatic carbocycles. The van der Waals surface area contributed by atoms with Gasteiger partial charge in [-0.05, 0) is 43.2 Å². The van der Waals surface area contributed by atoms with Crippen LogP contribution in [0.1, 0.15) is 42.2 Å². The van der Waals surface area contributed by atoms with Crippen LogP contribution in [0.2, 0.25) is 0 Å². The molecule has 0 unspecified atom stereocenters. The van der Waals surface area contributed by atoms with Gasteiger partial charge in [0.15, 0.2) is 6.29 Å². The molecule has 0 bridgehead atoms. The summed E-state index contributed by atoms with van der Waals surface area (Å²) in [5.41, 5.74) is 1.56. The topological polar surface area (TPSA) is 68.3 Å². The highest BCUT2D eigenvalue weighted by molar-refractivity contribution is 5.86. The second kappa shape index (κ2) is 19.0. The van der Waals surface area contributed by atoms with E-state index < -0.39 is 25.2 Å². The SMILES string of the molecule is C=CC(=O)NC.CCC(F)(F)F.Cc1ccc(C=O)nc1.FC(F)(F)CCCOc1ccccc1. The standard InChI is InChI=1S/C10H11F3O.C7H7NO.C4H7NO.C3H5F3/c11-10(12,13)7-4-8-14-9-5-2-1-3-6-9;1-6-2-3-7(5-9)8-4-6;1-3-4(6)5-2;1-2-3(4,5)6/h1-3,5-6H,4,7-8H2;2-5H,1H3;3H,1H2,2H3,(H,5,6);2H2,1H3. The summed E-state index contributed by atoms with van der Waals surface area (Å²) in [6, 6.07) is 12.4. The van der Waals surface area contributed by atoms with Crippen molar-refractivity contribution in [3.63, 3.8) is 0 Å². The molecule has 5 nitrogen and oxygen atoms in total. The van der Waals surface area contributed by atoms with E-state index in [0.29, 0.717) is 11.4 Å². The number of hydrogen-bond donors (Lipinski definition) is 1. The summed E-state index contributed by atoms with van der Waals surface area (Å²) in [6.45, 7) is 6.34. The van der Waals surface area contributed by atoms with E-state index in [2.05, 4.69) is 16.9 Å². The Bertz CT molecular complexity index is 824. The van der Waals surface area contributed by atoms with Gasteiger partial charge >= 0.3 is 12.4 Å². The molecule has 2 aromatic rings. The molecular weight excluding hydrogens is 478 g/mol. The van der Waals surface area contributed by atoms with Crippen LogP contribution in [0.3, 0.4) is 0 Å². The molecular formula is C24H30F6N2O3. The van der Waals surface area contributed by atoms with Crippen LogP contribution in [0.25, 0.3) is 0 Å². The molecule has 11 heteroatoms. The minimum Gasteiger partial charge on any atom is -0.494 e. The number of para-hydroxylation sites is 1. The van der Waals surface area contributed by atoms with E-state index in [-0.39, 0.29) is 18.9 Å². The van der Waals surface area contributed by atoms with Crippen molar-refractivity contribution in [2.24, 2.45) is 0 Å². The van der Waals surface area contributed by atoms with Crippen LogP contribution < -0.4 is 10.1 Å². The van der Waals surface area contributed by atoms with Gasteiger partial charge in [-0.2, -0.15) is 26.3 Å². The third-order valence-corrected chi connectivity index (χ3v) is 3.50. The molecule has 0 radical (unpaired) electrons. The number of nitrogens with one attached hydrogen (secondary N) is 1. The molecule has 196 valence electrons. The van der Waals surface area contributed by atoms with Crippen LogP contribution in [-0.4, -0.2) is 43.2 Å². The third-order valence-electron chi connectivity index (χ3n) is 3.50. The zero-order chi connectivity index (χ0) is 27.3. The monoisotopic (exact) mass is 508 g/mol. The number of nitrogens with zero attached hydrogens (tertiary/aromatic N) is 1. The Balaban J connectivity index is 0. The van der Waals surface area contributed by atoms with Crippen LogP contribution in [-0.2, 0) is 4.79 Å². The van der Waals surface area contributed by atoms with E-state index >= 15 is 0 Å². The zero-order valence-electron chi connectivity index (χ0n) is 19.7. The number of benzene rings is 1. The van der Waals surface area contributed by atoms with E-state index in [1.165, 1.54) is 6.08 Å². The van der Waals surface area contributed by atoms with Crippen molar-refractivity contribution in [2.75, 3.05) is 13.7 Å². The Morgan fingerprint density at radius 1 is 1.06 bits per heavy atom. The molecule has 0 saturated heterocycles. The Labute approximate surface area is 201 Å². The number of rotatable bonds is 6. The maximum atomic E-state index is 11.7. The van der Waals surface area contributed by atoms with Gasteiger partial charge in [0.25, 0.3) is 0 Å². The van der Waals surface area contributed by atoms with Gasteiger partial charge in [0, 0.05) is 26.1 Å². The van der Waals surface area contributed by atoms with Gasteiger partial charge in [0.05, 0.1) is 6.61 Å². The first-order valence-electron chi connectivity index (χ1n) is 10.3. The van der Waals surface area contributed by atoms with Crippen LogP contribution in [0.5, 0.6) is 5.75 Å². The first-order chi connectivity index (χ1) is 16.3. The molecule has 0 spiro atoms. The van der Waals surface area contributed by atoms with Gasteiger partial charge in [0.1, 0.15) is 11.4 Å². The summed E-state index contributed by atoms with van der Waals surface area (Å²) in [6.07, 6.45) is -5.94. The lowest BCUT2D eigenvalue weighted by molar-refractivity contribution is -0.136. The molecule has 1 amide bonds. The van der Waals surface area contributed by atoms with Crippen molar-refractivity contribution in [3.05, 3.63) is 72.6 Å². The number of carbonyl (C=O) groups is 2. The summed E-state index contributed by atoms with van der Waals surface area (Å²) in [5, 5.41) is 2.36. The predicted molar refractivity (Wildman–Crippen MR) is 122 cm³/mol. The summed E-state index contributed by atoms with van der Waals surface area (Å²) in [5.74, 6) is 0.463. The number of likely N-dealkylation sites (N-methyl/N-ethyl adjacent to an activating group) is 1. The molecule has 1 aromatic heterocycles. The van der Waals surface area contributed by atoms with E-state index in [9.17, 15) is 35.9 Å². The van der Waals surface area contributed by atoms with Gasteiger partial charge in [-0.15, -0.1) is 0 Å². The number of halogens is 6. The fourth-order valence-electron chi connectivity index (χ4n) is 1.63. The molecule has 1 N–H and O–H groups in total. The van der Waals surface area contributed by atoms with E-state index in [1.54, 1.807) is 43.6 Å². The number of hydrogen-bond acceptors (Lipinski definition) is 4. The Morgan fingerprint density at radius 2 is 1.63 bits per heavy atom. The van der Waals surface area contributed by atoms with E-state index in [1.807, 2.05) is 19.1 Å². The summed E-state index contributed by atoms with van der Waals surface area (Å²) in [7, 11) is 1.56. The lowest BCUT2D eigenvalue weighted by Crippen LogP contribution is -2.13. The van der Waals surface area contributed by atoms with E-state index in [4.69, 9.17) is 4.74 Å². The number of aldehydes is 1. The smallest absolute Gasteiger partial charge is 0.389 e. The summed E-state index contributed by atoms with van der Waals surface area (Å²) >= 11 is 0. The average Bonchev–Trinajstić information content (AvgIpc) is 2.82. The molecule has 0 aliphatic heterocycles. The third kappa shape index (κ3) is 25.1. The molecule has 2 rings (SSSR count). The molecule has 35 heavy (non-hydrogen) atoms. The highest BCUT2D eigenvalue weighted by Crippen LogP contribution is 2.21. The van der Waals surface area contributed by atoms with Crippen LogP contribution in [0.15, 0.2) is 61.3 Å². The van der Waals surface area contributed by atoms with Crippen molar-refractivity contribution in [1.29, 1.82) is 0 Å². The number of aromatic nitrogens is 1. The van der Waals surface area contributed by atoms with Gasteiger partial charge in [-0.3, -0.25) is 14.6 Å². The van der Waals surface area contributed by atoms with Crippen molar-refractivity contribution >= 4 is 12.2 Å². The first kappa shape index (κ1) is 33.8. The second-order valence-corrected chi connectivity index (χ2v) is 6.55. The molecule has 0 fully saturated rings. The van der Waals surface area contributed by atoms with Crippen molar-refractivity contribution in [1.82, 2.24) is 10.3 Å². The zero-order valence-corrected chi connectivity index (χ0v) is 19.7. The maximum absolute atomic E-state index is 11.7. The minimum absolute atomic E-state index is 0.00159. The predicted octanol–water partition coefficient (Wildman–Crippen LogP) is 6.49. The number of aryl methyl sites for hydroxylation is 1. The summed E-state index contributed by atoms with van der Waals surface area (Å²) < 4.78 is 72.6. The summed E-state index contributed by atoms with van der Waals surface area (Å²) in [4.78, 5) is 23.8. The molecule has 1 heterocycles. The fourth-order valence-corrected chi connectivity index (χ4v) is 1.63. The lowest BCUT2D eigenvalue weighted by Gasteiger charge is -2.07. The maximum Gasteiger partial charge on any atom is 0.389 e. The number of carbonyl (C=O) groups excluding carboxylic acids is 2. The van der Waals surface area contributed by atoms with Crippen LogP contribution >= 0.6 is 0 Å². The van der Waals surface area contributed by atoms with Gasteiger partial charge in [0.2, 0.25) is 5.91 Å². The molecule has 0 saturated carbocycles. The Morgan fingerprint density at radius 3 is 1.97 bits per heavy atom. The molecule has 0 atom stereocenters. The minimum atomic E-state index is -4.08. The molecule has 0 aliphatic rings. The van der Waals surface area contributed by atoms with Crippen molar-refractivity contribution in [3.8, 4) is 5.75 Å².